The van der Waals surface area contributed by atoms with Crippen LogP contribution in [0.3, 0.4) is 0 Å². The Morgan fingerprint density at radius 1 is 1.21 bits per heavy atom. The van der Waals surface area contributed by atoms with Gasteiger partial charge >= 0.3 is 0 Å². The average molecular weight is 270 g/mol. The van der Waals surface area contributed by atoms with Gasteiger partial charge in [0.1, 0.15) is 0 Å². The van der Waals surface area contributed by atoms with Gasteiger partial charge in [-0.2, -0.15) is 0 Å². The summed E-state index contributed by atoms with van der Waals surface area (Å²) in [5.74, 6) is 0. The molecule has 0 aromatic heterocycles. The lowest BCUT2D eigenvalue weighted by atomic mass is 10.00. The van der Waals surface area contributed by atoms with Crippen LogP contribution in [-0.4, -0.2) is 63.0 Å². The van der Waals surface area contributed by atoms with E-state index < -0.39 is 0 Å². The van der Waals surface area contributed by atoms with Gasteiger partial charge in [-0.05, 0) is 38.8 Å². The van der Waals surface area contributed by atoms with Crippen LogP contribution in [0.5, 0.6) is 0 Å². The molecule has 4 nitrogen and oxygen atoms in total. The summed E-state index contributed by atoms with van der Waals surface area (Å²) in [6, 6.07) is 0.676. The number of nitrogens with zero attached hydrogens (tertiary/aromatic N) is 1. The van der Waals surface area contributed by atoms with Gasteiger partial charge in [0.25, 0.3) is 0 Å². The van der Waals surface area contributed by atoms with Gasteiger partial charge in [0.15, 0.2) is 0 Å². The lowest BCUT2D eigenvalue weighted by molar-refractivity contribution is -0.00345. The van der Waals surface area contributed by atoms with E-state index >= 15 is 0 Å². The molecular formula is C15H30N2O2. The Labute approximate surface area is 117 Å². The zero-order valence-electron chi connectivity index (χ0n) is 12.4. The number of ether oxygens (including phenoxy) is 2. The Morgan fingerprint density at radius 3 is 2.84 bits per heavy atom. The number of hydrogen-bond donors (Lipinski definition) is 1. The van der Waals surface area contributed by atoms with Crippen LogP contribution in [0.15, 0.2) is 0 Å². The molecule has 0 spiro atoms. The van der Waals surface area contributed by atoms with Crippen molar-refractivity contribution in [2.45, 2.75) is 51.2 Å². The highest BCUT2D eigenvalue weighted by molar-refractivity contribution is 4.77. The van der Waals surface area contributed by atoms with Gasteiger partial charge in [-0.15, -0.1) is 0 Å². The third kappa shape index (κ3) is 5.78. The summed E-state index contributed by atoms with van der Waals surface area (Å²) in [6.07, 6.45) is 6.56. The van der Waals surface area contributed by atoms with E-state index in [2.05, 4.69) is 17.1 Å². The molecule has 2 aliphatic heterocycles. The van der Waals surface area contributed by atoms with Crippen LogP contribution in [0.1, 0.15) is 39.0 Å². The fourth-order valence-electron chi connectivity index (χ4n) is 3.02. The van der Waals surface area contributed by atoms with Crippen LogP contribution in [-0.2, 0) is 9.47 Å². The third-order valence-electron chi connectivity index (χ3n) is 4.17. The summed E-state index contributed by atoms with van der Waals surface area (Å²) in [4.78, 5) is 2.51. The molecule has 0 aromatic rings. The van der Waals surface area contributed by atoms with E-state index in [4.69, 9.17) is 9.47 Å². The zero-order valence-corrected chi connectivity index (χ0v) is 12.4. The van der Waals surface area contributed by atoms with Crippen molar-refractivity contribution in [3.63, 3.8) is 0 Å². The van der Waals surface area contributed by atoms with E-state index in [-0.39, 0.29) is 0 Å². The molecule has 2 saturated heterocycles. The first-order chi connectivity index (χ1) is 9.38. The molecule has 0 bridgehead atoms. The molecule has 2 rings (SSSR count). The normalized spacial score (nSPS) is 29.5. The van der Waals surface area contributed by atoms with E-state index in [0.29, 0.717) is 12.1 Å². The Balaban J connectivity index is 1.52. The predicted octanol–water partition coefficient (Wildman–Crippen LogP) is 1.65. The molecule has 2 heterocycles. The smallest absolute Gasteiger partial charge is 0.0594 e. The molecule has 0 saturated carbocycles. The van der Waals surface area contributed by atoms with Crippen molar-refractivity contribution in [3.05, 3.63) is 0 Å². The molecule has 2 unspecified atom stereocenters. The minimum absolute atomic E-state index is 0.496. The van der Waals surface area contributed by atoms with Crippen molar-refractivity contribution < 1.29 is 9.47 Å². The number of nitrogens with one attached hydrogen (secondary N) is 1. The second-order valence-corrected chi connectivity index (χ2v) is 5.76. The molecule has 2 fully saturated rings. The highest BCUT2D eigenvalue weighted by Gasteiger charge is 2.21. The van der Waals surface area contributed by atoms with Gasteiger partial charge in [-0.25, -0.2) is 0 Å². The van der Waals surface area contributed by atoms with Crippen LogP contribution in [0, 0.1) is 0 Å². The van der Waals surface area contributed by atoms with Crippen LogP contribution in [0.2, 0.25) is 0 Å². The van der Waals surface area contributed by atoms with Crippen LogP contribution in [0.4, 0.5) is 0 Å². The monoisotopic (exact) mass is 270 g/mol. The van der Waals surface area contributed by atoms with E-state index in [0.717, 1.165) is 39.5 Å². The Kier molecular flexibility index (Phi) is 7.14. The standard InChI is InChI=1S/C15H30N2O2/c1-2-4-15-13-14(5-10-19-15)16-6-3-7-17-8-11-18-12-9-17/h14-16H,2-13H2,1H3. The number of rotatable bonds is 7. The first-order valence-corrected chi connectivity index (χ1v) is 8.03. The topological polar surface area (TPSA) is 33.7 Å². The SMILES string of the molecule is CCCC1CC(NCCCN2CCOCC2)CCO1. The maximum Gasteiger partial charge on any atom is 0.0594 e. The fraction of sp³-hybridized carbons (Fsp3) is 1.00. The van der Waals surface area contributed by atoms with Crippen molar-refractivity contribution in [3.8, 4) is 0 Å². The first-order valence-electron chi connectivity index (χ1n) is 8.03. The van der Waals surface area contributed by atoms with E-state index in [1.807, 2.05) is 0 Å². The highest BCUT2D eigenvalue weighted by atomic mass is 16.5. The second kappa shape index (κ2) is 8.90. The maximum atomic E-state index is 5.79. The first kappa shape index (κ1) is 15.2. The molecule has 0 radical (unpaired) electrons. The van der Waals surface area contributed by atoms with Crippen molar-refractivity contribution >= 4 is 0 Å². The number of hydrogen-bond acceptors (Lipinski definition) is 4. The van der Waals surface area contributed by atoms with Gasteiger partial charge in [-0.1, -0.05) is 13.3 Å². The molecule has 2 aliphatic rings. The third-order valence-corrected chi connectivity index (χ3v) is 4.17. The van der Waals surface area contributed by atoms with Gasteiger partial charge < -0.3 is 14.8 Å². The Morgan fingerprint density at radius 2 is 2.05 bits per heavy atom. The van der Waals surface area contributed by atoms with Crippen molar-refractivity contribution in [2.75, 3.05) is 46.0 Å². The summed E-state index contributed by atoms with van der Waals surface area (Å²) >= 11 is 0. The maximum absolute atomic E-state index is 5.79. The molecule has 0 amide bonds. The van der Waals surface area contributed by atoms with Crippen molar-refractivity contribution in [2.24, 2.45) is 0 Å². The average Bonchev–Trinajstić information content (AvgIpc) is 2.46. The lowest BCUT2D eigenvalue weighted by Gasteiger charge is -2.31. The van der Waals surface area contributed by atoms with Gasteiger partial charge in [0.2, 0.25) is 0 Å². The van der Waals surface area contributed by atoms with E-state index in [9.17, 15) is 0 Å². The molecule has 19 heavy (non-hydrogen) atoms. The lowest BCUT2D eigenvalue weighted by Crippen LogP contribution is -2.41. The largest absolute Gasteiger partial charge is 0.379 e. The Hall–Kier alpha value is -0.160. The summed E-state index contributed by atoms with van der Waals surface area (Å²) in [6.45, 7) is 9.55. The molecule has 0 aliphatic carbocycles. The Bertz CT molecular complexity index is 230. The molecule has 4 heteroatoms. The molecule has 1 N–H and O–H groups in total. The second-order valence-electron chi connectivity index (χ2n) is 5.76. The number of morpholine rings is 1. The fourth-order valence-corrected chi connectivity index (χ4v) is 3.02. The summed E-state index contributed by atoms with van der Waals surface area (Å²) in [7, 11) is 0. The molecule has 0 aromatic carbocycles. The molecule has 112 valence electrons. The predicted molar refractivity (Wildman–Crippen MR) is 77.5 cm³/mol. The highest BCUT2D eigenvalue weighted by Crippen LogP contribution is 2.17. The summed E-state index contributed by atoms with van der Waals surface area (Å²) < 4.78 is 11.2. The minimum atomic E-state index is 0.496. The van der Waals surface area contributed by atoms with E-state index in [1.165, 1.54) is 38.6 Å². The van der Waals surface area contributed by atoms with Gasteiger partial charge in [0, 0.05) is 25.7 Å². The van der Waals surface area contributed by atoms with Gasteiger partial charge in [-0.3, -0.25) is 4.90 Å². The summed E-state index contributed by atoms with van der Waals surface area (Å²) in [5.41, 5.74) is 0. The quantitative estimate of drug-likeness (QED) is 0.713. The van der Waals surface area contributed by atoms with Crippen molar-refractivity contribution in [1.29, 1.82) is 0 Å². The summed E-state index contributed by atoms with van der Waals surface area (Å²) in [5, 5.41) is 3.71. The van der Waals surface area contributed by atoms with E-state index in [1.54, 1.807) is 0 Å². The van der Waals surface area contributed by atoms with Gasteiger partial charge in [0.05, 0.1) is 19.3 Å². The minimum Gasteiger partial charge on any atom is -0.379 e. The van der Waals surface area contributed by atoms with Crippen LogP contribution < -0.4 is 5.32 Å². The van der Waals surface area contributed by atoms with Crippen LogP contribution >= 0.6 is 0 Å². The van der Waals surface area contributed by atoms with Crippen molar-refractivity contribution in [1.82, 2.24) is 10.2 Å². The van der Waals surface area contributed by atoms with Crippen LogP contribution in [0.25, 0.3) is 0 Å². The zero-order chi connectivity index (χ0) is 13.3. The molecular weight excluding hydrogens is 240 g/mol. The molecule has 2 atom stereocenters.